The number of hydrogen-bond donors (Lipinski definition) is 3. The van der Waals surface area contributed by atoms with E-state index in [1.165, 1.54) is 4.68 Å². The summed E-state index contributed by atoms with van der Waals surface area (Å²) < 4.78 is 1.40. The lowest BCUT2D eigenvalue weighted by Gasteiger charge is -2.04. The number of hydrogen-bond acceptors (Lipinski definition) is 7. The first-order valence-corrected chi connectivity index (χ1v) is 10.7. The Labute approximate surface area is 186 Å². The molecule has 0 unspecified atom stereocenters. The van der Waals surface area contributed by atoms with E-state index in [-0.39, 0.29) is 23.0 Å². The van der Waals surface area contributed by atoms with Crippen LogP contribution in [0.5, 0.6) is 5.75 Å². The molecule has 0 radical (unpaired) electrons. The smallest absolute Gasteiger partial charge is 0.257 e. The van der Waals surface area contributed by atoms with Crippen molar-refractivity contribution in [2.75, 3.05) is 5.73 Å². The molecule has 4 N–H and O–H groups in total. The molecule has 2 aromatic carbocycles. The molecule has 32 heavy (non-hydrogen) atoms. The summed E-state index contributed by atoms with van der Waals surface area (Å²) in [6, 6.07) is 17.9. The third-order valence-corrected chi connectivity index (χ3v) is 5.77. The van der Waals surface area contributed by atoms with Crippen LogP contribution < -0.4 is 11.1 Å². The van der Waals surface area contributed by atoms with E-state index in [1.807, 2.05) is 41.8 Å². The van der Waals surface area contributed by atoms with Crippen molar-refractivity contribution >= 4 is 51.5 Å². The summed E-state index contributed by atoms with van der Waals surface area (Å²) in [5, 5.41) is 19.0. The Morgan fingerprint density at radius 3 is 2.69 bits per heavy atom. The van der Waals surface area contributed by atoms with Gasteiger partial charge in [0.05, 0.1) is 23.8 Å². The normalized spacial score (nSPS) is 11.5. The average molecular weight is 443 g/mol. The lowest BCUT2D eigenvalue weighted by atomic mass is 10.2. The van der Waals surface area contributed by atoms with Crippen LogP contribution in [0.4, 0.5) is 5.82 Å². The molecule has 158 valence electrons. The summed E-state index contributed by atoms with van der Waals surface area (Å²) in [6.07, 6.45) is 1.54. The summed E-state index contributed by atoms with van der Waals surface area (Å²) in [7, 11) is 0. The average Bonchev–Trinajstić information content (AvgIpc) is 3.40. The number of carbonyl (C=O) groups is 1. The van der Waals surface area contributed by atoms with Gasteiger partial charge >= 0.3 is 0 Å². The van der Waals surface area contributed by atoms with Gasteiger partial charge in [0, 0.05) is 4.88 Å². The van der Waals surface area contributed by atoms with Gasteiger partial charge < -0.3 is 16.2 Å². The number of aromatic hydroxyl groups is 1. The van der Waals surface area contributed by atoms with Crippen molar-refractivity contribution in [1.82, 2.24) is 20.0 Å². The number of amides is 1. The number of rotatable bonds is 5. The van der Waals surface area contributed by atoms with E-state index in [2.05, 4.69) is 20.4 Å². The fraction of sp³-hybridized carbons (Fsp3) is 0.0435. The minimum atomic E-state index is -0.350. The predicted molar refractivity (Wildman–Crippen MR) is 126 cm³/mol. The van der Waals surface area contributed by atoms with Crippen molar-refractivity contribution < 1.29 is 9.90 Å². The van der Waals surface area contributed by atoms with Gasteiger partial charge in [0.25, 0.3) is 5.91 Å². The number of fused-ring (bicyclic) bond motifs is 2. The number of phenols is 1. The molecule has 5 aromatic rings. The number of carbonyl (C=O) groups excluding carboxylic acids is 1. The highest BCUT2D eigenvalue weighted by molar-refractivity contribution is 7.09. The van der Waals surface area contributed by atoms with E-state index < -0.39 is 0 Å². The van der Waals surface area contributed by atoms with Gasteiger partial charge in [0.2, 0.25) is 0 Å². The van der Waals surface area contributed by atoms with Crippen molar-refractivity contribution in [2.24, 2.45) is 5.10 Å². The standard InChI is InChI=1S/C23H18N6O2S/c24-21-19(23(31)25-13-16-7-4-10-32-16)20-22(28-18-9-2-1-8-17(18)27-20)29(21)26-12-14-5-3-6-15(30)11-14/h1-12,30H,13,24H2,(H,25,31). The Hall–Kier alpha value is -4.24. The summed E-state index contributed by atoms with van der Waals surface area (Å²) in [6.45, 7) is 0.385. The molecule has 1 amide bonds. The Morgan fingerprint density at radius 1 is 1.12 bits per heavy atom. The maximum absolute atomic E-state index is 13.1. The van der Waals surface area contributed by atoms with Gasteiger partial charge in [-0.15, -0.1) is 11.3 Å². The molecule has 0 saturated carbocycles. The van der Waals surface area contributed by atoms with Crippen LogP contribution in [-0.4, -0.2) is 31.9 Å². The zero-order valence-electron chi connectivity index (χ0n) is 16.8. The number of nitrogens with two attached hydrogens (primary N) is 1. The molecule has 5 rings (SSSR count). The second kappa shape index (κ2) is 8.12. The van der Waals surface area contributed by atoms with Crippen molar-refractivity contribution in [1.29, 1.82) is 0 Å². The number of para-hydroxylation sites is 2. The van der Waals surface area contributed by atoms with Crippen LogP contribution in [0.25, 0.3) is 22.2 Å². The van der Waals surface area contributed by atoms with Gasteiger partial charge in [-0.3, -0.25) is 4.79 Å². The Balaban J connectivity index is 1.62. The molecule has 0 saturated heterocycles. The quantitative estimate of drug-likeness (QED) is 0.358. The van der Waals surface area contributed by atoms with Gasteiger partial charge in [-0.05, 0) is 41.3 Å². The SMILES string of the molecule is Nc1c(C(=O)NCc2cccs2)c2nc3ccccc3nc2n1N=Cc1cccc(O)c1. The summed E-state index contributed by atoms with van der Waals surface area (Å²) >= 11 is 1.56. The van der Waals surface area contributed by atoms with Crippen LogP contribution in [0.1, 0.15) is 20.8 Å². The van der Waals surface area contributed by atoms with Crippen molar-refractivity contribution in [3.8, 4) is 5.75 Å². The second-order valence-corrected chi connectivity index (χ2v) is 8.09. The number of anilines is 1. The van der Waals surface area contributed by atoms with Crippen molar-refractivity contribution in [2.45, 2.75) is 6.54 Å². The summed E-state index contributed by atoms with van der Waals surface area (Å²) in [4.78, 5) is 23.4. The Morgan fingerprint density at radius 2 is 1.94 bits per heavy atom. The molecule has 0 spiro atoms. The maximum Gasteiger partial charge on any atom is 0.257 e. The van der Waals surface area contributed by atoms with E-state index in [9.17, 15) is 9.90 Å². The third-order valence-electron chi connectivity index (χ3n) is 4.90. The van der Waals surface area contributed by atoms with E-state index in [1.54, 1.807) is 41.8 Å². The largest absolute Gasteiger partial charge is 0.508 e. The maximum atomic E-state index is 13.1. The van der Waals surface area contributed by atoms with Crippen LogP contribution in [0.2, 0.25) is 0 Å². The molecule has 3 aromatic heterocycles. The van der Waals surface area contributed by atoms with E-state index in [4.69, 9.17) is 5.73 Å². The van der Waals surface area contributed by atoms with Crippen LogP contribution in [0.15, 0.2) is 71.1 Å². The lowest BCUT2D eigenvalue weighted by Crippen LogP contribution is -2.23. The number of aromatic nitrogens is 3. The number of phenolic OH excluding ortho intramolecular Hbond substituents is 1. The monoisotopic (exact) mass is 442 g/mol. The van der Waals surface area contributed by atoms with Gasteiger partial charge in [-0.1, -0.05) is 30.3 Å². The molecule has 9 heteroatoms. The van der Waals surface area contributed by atoms with E-state index in [0.717, 1.165) is 4.88 Å². The minimum absolute atomic E-state index is 0.124. The van der Waals surface area contributed by atoms with Gasteiger partial charge in [0.1, 0.15) is 22.6 Å². The highest BCUT2D eigenvalue weighted by atomic mass is 32.1. The van der Waals surface area contributed by atoms with Gasteiger partial charge in [-0.25, -0.2) is 9.97 Å². The van der Waals surface area contributed by atoms with E-state index >= 15 is 0 Å². The van der Waals surface area contributed by atoms with Crippen LogP contribution in [-0.2, 0) is 6.54 Å². The molecular weight excluding hydrogens is 424 g/mol. The molecule has 0 aliphatic carbocycles. The zero-order valence-corrected chi connectivity index (χ0v) is 17.6. The van der Waals surface area contributed by atoms with Crippen LogP contribution in [0, 0.1) is 0 Å². The molecular formula is C23H18N6O2S. The Kier molecular flexibility index (Phi) is 5.00. The fourth-order valence-corrected chi connectivity index (χ4v) is 4.03. The first kappa shape index (κ1) is 19.7. The van der Waals surface area contributed by atoms with Gasteiger partial charge in [-0.2, -0.15) is 9.78 Å². The number of thiophene rings is 1. The molecule has 0 atom stereocenters. The molecule has 3 heterocycles. The lowest BCUT2D eigenvalue weighted by molar-refractivity contribution is 0.0953. The first-order valence-electron chi connectivity index (χ1n) is 9.81. The summed E-state index contributed by atoms with van der Waals surface area (Å²) in [5.74, 6) is -0.0918. The first-order chi connectivity index (χ1) is 15.6. The predicted octanol–water partition coefficient (Wildman–Crippen LogP) is 3.75. The van der Waals surface area contributed by atoms with Crippen molar-refractivity contribution in [3.63, 3.8) is 0 Å². The summed E-state index contributed by atoms with van der Waals surface area (Å²) in [5.41, 5.74) is 9.34. The fourth-order valence-electron chi connectivity index (χ4n) is 3.39. The number of nitrogens with one attached hydrogen (secondary N) is 1. The molecule has 0 aliphatic heterocycles. The topological polar surface area (TPSA) is 118 Å². The third kappa shape index (κ3) is 3.65. The zero-order chi connectivity index (χ0) is 22.1. The molecule has 8 nitrogen and oxygen atoms in total. The number of nitrogen functional groups attached to an aromatic ring is 1. The number of nitrogens with zero attached hydrogens (tertiary/aromatic N) is 4. The molecule has 0 fully saturated rings. The second-order valence-electron chi connectivity index (χ2n) is 7.06. The minimum Gasteiger partial charge on any atom is -0.508 e. The highest BCUT2D eigenvalue weighted by Gasteiger charge is 2.24. The van der Waals surface area contributed by atoms with Crippen LogP contribution >= 0.6 is 11.3 Å². The number of benzene rings is 2. The van der Waals surface area contributed by atoms with E-state index in [0.29, 0.717) is 34.3 Å². The van der Waals surface area contributed by atoms with Crippen molar-refractivity contribution in [3.05, 3.63) is 82.0 Å². The van der Waals surface area contributed by atoms with Gasteiger partial charge in [0.15, 0.2) is 5.65 Å². The molecule has 0 bridgehead atoms. The van der Waals surface area contributed by atoms with Crippen LogP contribution in [0.3, 0.4) is 0 Å². The highest BCUT2D eigenvalue weighted by Crippen LogP contribution is 2.28. The molecule has 0 aliphatic rings. The Bertz CT molecular complexity index is 1470.